The van der Waals surface area contributed by atoms with Gasteiger partial charge in [0, 0.05) is 13.0 Å². The summed E-state index contributed by atoms with van der Waals surface area (Å²) >= 11 is 0. The van der Waals surface area contributed by atoms with Crippen LogP contribution in [-0.2, 0) is 20.6 Å². The van der Waals surface area contributed by atoms with E-state index < -0.39 is 17.6 Å². The maximum absolute atomic E-state index is 13.0. The van der Waals surface area contributed by atoms with Crippen LogP contribution in [-0.4, -0.2) is 29.2 Å². The Balaban J connectivity index is 1.40. The molecule has 1 heterocycles. The molecule has 27 heavy (non-hydrogen) atoms. The quantitative estimate of drug-likeness (QED) is 0.817. The highest BCUT2D eigenvalue weighted by molar-refractivity contribution is 6.06. The van der Waals surface area contributed by atoms with E-state index in [0.717, 1.165) is 30.2 Å². The predicted molar refractivity (Wildman–Crippen MR) is 89.2 cm³/mol. The van der Waals surface area contributed by atoms with Crippen molar-refractivity contribution < 1.29 is 27.6 Å². The van der Waals surface area contributed by atoms with Crippen LogP contribution in [0.15, 0.2) is 24.3 Å². The summed E-state index contributed by atoms with van der Waals surface area (Å²) in [5, 5.41) is 2.24. The third kappa shape index (κ3) is 3.00. The fourth-order valence-corrected chi connectivity index (χ4v) is 4.96. The second-order valence-electron chi connectivity index (χ2n) is 7.55. The molecule has 0 spiro atoms. The summed E-state index contributed by atoms with van der Waals surface area (Å²) in [4.78, 5) is 38.4. The van der Waals surface area contributed by atoms with Crippen LogP contribution in [0.5, 0.6) is 0 Å². The van der Waals surface area contributed by atoms with Crippen LogP contribution < -0.4 is 5.32 Å². The van der Waals surface area contributed by atoms with Crippen LogP contribution in [0.4, 0.5) is 18.9 Å². The number of rotatable bonds is 4. The van der Waals surface area contributed by atoms with Crippen LogP contribution in [0.1, 0.15) is 31.2 Å². The monoisotopic (exact) mass is 380 g/mol. The molecule has 4 atom stereocenters. The predicted octanol–water partition coefficient (Wildman–Crippen LogP) is 3.07. The van der Waals surface area contributed by atoms with Crippen molar-refractivity contribution in [1.82, 2.24) is 4.90 Å². The molecule has 1 aliphatic heterocycles. The SMILES string of the molecule is O=C(CCN1C(=O)[C@H]2[C@@H]3CC[C@@H](C3)[C@@H]2C1=O)Nc1ccccc1C(F)(F)F. The van der Waals surface area contributed by atoms with Gasteiger partial charge in [0.05, 0.1) is 23.1 Å². The maximum Gasteiger partial charge on any atom is 0.418 e. The number of benzene rings is 1. The molecule has 4 rings (SSSR count). The lowest BCUT2D eigenvalue weighted by atomic mass is 9.81. The molecule has 1 N–H and O–H groups in total. The van der Waals surface area contributed by atoms with Gasteiger partial charge in [-0.3, -0.25) is 19.3 Å². The number of likely N-dealkylation sites (tertiary alicyclic amines) is 1. The third-order valence-electron chi connectivity index (χ3n) is 6.09. The third-order valence-corrected chi connectivity index (χ3v) is 6.09. The number of amides is 3. The molecule has 3 fully saturated rings. The number of carbonyl (C=O) groups is 3. The minimum absolute atomic E-state index is 0.0931. The fraction of sp³-hybridized carbons (Fsp3) is 0.526. The number of hydrogen-bond acceptors (Lipinski definition) is 3. The van der Waals surface area contributed by atoms with Crippen molar-refractivity contribution in [1.29, 1.82) is 0 Å². The van der Waals surface area contributed by atoms with E-state index in [-0.39, 0.29) is 54.1 Å². The lowest BCUT2D eigenvalue weighted by Gasteiger charge is -2.19. The Hall–Kier alpha value is -2.38. The van der Waals surface area contributed by atoms with Gasteiger partial charge < -0.3 is 5.32 Å². The zero-order valence-electron chi connectivity index (χ0n) is 14.5. The molecule has 1 saturated heterocycles. The Labute approximate surface area is 153 Å². The highest BCUT2D eigenvalue weighted by Gasteiger charge is 2.60. The molecule has 3 aliphatic rings. The lowest BCUT2D eigenvalue weighted by Crippen LogP contribution is -2.35. The van der Waals surface area contributed by atoms with Crippen LogP contribution in [0.2, 0.25) is 0 Å². The summed E-state index contributed by atoms with van der Waals surface area (Å²) in [6.07, 6.45) is -1.95. The van der Waals surface area contributed by atoms with Gasteiger partial charge in [-0.25, -0.2) is 0 Å². The van der Waals surface area contributed by atoms with E-state index in [0.29, 0.717) is 0 Å². The highest BCUT2D eigenvalue weighted by atomic mass is 19.4. The molecular formula is C19H19F3N2O3. The van der Waals surface area contributed by atoms with Gasteiger partial charge >= 0.3 is 6.18 Å². The van der Waals surface area contributed by atoms with Gasteiger partial charge in [0.25, 0.3) is 0 Å². The van der Waals surface area contributed by atoms with Crippen molar-refractivity contribution in [3.63, 3.8) is 0 Å². The smallest absolute Gasteiger partial charge is 0.325 e. The van der Waals surface area contributed by atoms with Crippen LogP contribution in [0.25, 0.3) is 0 Å². The zero-order chi connectivity index (χ0) is 19.3. The van der Waals surface area contributed by atoms with Gasteiger partial charge in [0.1, 0.15) is 0 Å². The van der Waals surface area contributed by atoms with Gasteiger partial charge in [-0.1, -0.05) is 12.1 Å². The second kappa shape index (κ2) is 6.35. The first-order valence-electron chi connectivity index (χ1n) is 9.08. The van der Waals surface area contributed by atoms with Gasteiger partial charge in [0.2, 0.25) is 17.7 Å². The first kappa shape index (κ1) is 18.0. The van der Waals surface area contributed by atoms with Crippen LogP contribution >= 0.6 is 0 Å². The highest BCUT2D eigenvalue weighted by Crippen LogP contribution is 2.56. The topological polar surface area (TPSA) is 66.5 Å². The van der Waals surface area contributed by atoms with E-state index in [1.165, 1.54) is 18.2 Å². The maximum atomic E-state index is 13.0. The summed E-state index contributed by atoms with van der Waals surface area (Å²) in [5.41, 5.74) is -1.26. The molecule has 0 aromatic heterocycles. The molecular weight excluding hydrogens is 361 g/mol. The Morgan fingerprint density at radius 1 is 1.07 bits per heavy atom. The molecule has 2 aliphatic carbocycles. The normalized spacial score (nSPS) is 29.4. The van der Waals surface area contributed by atoms with Crippen LogP contribution in [0, 0.1) is 23.7 Å². The molecule has 2 saturated carbocycles. The van der Waals surface area contributed by atoms with Crippen molar-refractivity contribution in [2.24, 2.45) is 23.7 Å². The number of halogens is 3. The molecule has 1 aromatic rings. The summed E-state index contributed by atoms with van der Waals surface area (Å²) in [5.74, 6) is -1.10. The number of anilines is 1. The average Bonchev–Trinajstić information content (AvgIpc) is 3.27. The Kier molecular flexibility index (Phi) is 4.24. The Morgan fingerprint density at radius 3 is 2.26 bits per heavy atom. The second-order valence-corrected chi connectivity index (χ2v) is 7.55. The molecule has 2 bridgehead atoms. The van der Waals surface area contributed by atoms with Crippen molar-refractivity contribution in [3.8, 4) is 0 Å². The van der Waals surface area contributed by atoms with Gasteiger partial charge in [-0.05, 0) is 43.2 Å². The van der Waals surface area contributed by atoms with Crippen LogP contribution in [0.3, 0.4) is 0 Å². The number of alkyl halides is 3. The molecule has 0 radical (unpaired) electrons. The summed E-state index contributed by atoms with van der Waals surface area (Å²) < 4.78 is 39.0. The Morgan fingerprint density at radius 2 is 1.67 bits per heavy atom. The standard InChI is InChI=1S/C19H19F3N2O3/c20-19(21,22)12-3-1-2-4-13(12)23-14(25)7-8-24-17(26)15-10-5-6-11(9-10)16(15)18(24)27/h1-4,10-11,15-16H,5-9H2,(H,23,25)/t10-,11+,15-,16-/m0/s1. The molecule has 0 unspecified atom stereocenters. The lowest BCUT2D eigenvalue weighted by molar-refractivity contribution is -0.141. The first-order valence-corrected chi connectivity index (χ1v) is 9.08. The zero-order valence-corrected chi connectivity index (χ0v) is 14.5. The first-order chi connectivity index (χ1) is 12.8. The molecule has 1 aromatic carbocycles. The van der Waals surface area contributed by atoms with Gasteiger partial charge in [-0.2, -0.15) is 13.2 Å². The van der Waals surface area contributed by atoms with E-state index in [2.05, 4.69) is 5.32 Å². The number of fused-ring (bicyclic) bond motifs is 5. The van der Waals surface area contributed by atoms with Crippen molar-refractivity contribution in [2.45, 2.75) is 31.9 Å². The number of nitrogens with one attached hydrogen (secondary N) is 1. The van der Waals surface area contributed by atoms with E-state index >= 15 is 0 Å². The summed E-state index contributed by atoms with van der Waals surface area (Å²) in [6, 6.07) is 4.71. The number of hydrogen-bond donors (Lipinski definition) is 1. The number of para-hydroxylation sites is 1. The van der Waals surface area contributed by atoms with Gasteiger partial charge in [-0.15, -0.1) is 0 Å². The van der Waals surface area contributed by atoms with Crippen molar-refractivity contribution in [3.05, 3.63) is 29.8 Å². The van der Waals surface area contributed by atoms with E-state index in [9.17, 15) is 27.6 Å². The molecule has 8 heteroatoms. The largest absolute Gasteiger partial charge is 0.418 e. The van der Waals surface area contributed by atoms with E-state index in [1.807, 2.05) is 0 Å². The molecule has 144 valence electrons. The average molecular weight is 380 g/mol. The fourth-order valence-electron chi connectivity index (χ4n) is 4.96. The molecule has 5 nitrogen and oxygen atoms in total. The molecule has 3 amide bonds. The number of carbonyl (C=O) groups excluding carboxylic acids is 3. The number of imide groups is 1. The Bertz CT molecular complexity index is 780. The summed E-state index contributed by atoms with van der Waals surface area (Å²) in [6.45, 7) is -0.0931. The van der Waals surface area contributed by atoms with E-state index in [1.54, 1.807) is 0 Å². The van der Waals surface area contributed by atoms with Gasteiger partial charge in [0.15, 0.2) is 0 Å². The number of nitrogens with zero attached hydrogens (tertiary/aromatic N) is 1. The van der Waals surface area contributed by atoms with Crippen molar-refractivity contribution in [2.75, 3.05) is 11.9 Å². The minimum atomic E-state index is -4.58. The summed E-state index contributed by atoms with van der Waals surface area (Å²) in [7, 11) is 0. The van der Waals surface area contributed by atoms with Crippen molar-refractivity contribution >= 4 is 23.4 Å². The minimum Gasteiger partial charge on any atom is -0.325 e. The van der Waals surface area contributed by atoms with E-state index in [4.69, 9.17) is 0 Å².